The molecule has 0 aromatic heterocycles. The first-order chi connectivity index (χ1) is 15.4. The zero-order valence-corrected chi connectivity index (χ0v) is 18.8. The molecule has 0 saturated carbocycles. The third-order valence-electron chi connectivity index (χ3n) is 6.06. The lowest BCUT2D eigenvalue weighted by Gasteiger charge is -2.32. The van der Waals surface area contributed by atoms with Crippen LogP contribution in [-0.4, -0.2) is 53.8 Å². The van der Waals surface area contributed by atoms with Crippen molar-refractivity contribution in [1.82, 2.24) is 4.90 Å². The molecule has 2 atom stereocenters. The molecule has 2 aliphatic rings. The molecule has 2 aromatic carbocycles. The second kappa shape index (κ2) is 9.69. The standard InChI is InChI=1S/C24H28ClN3O4/c1-16-5-4-6-18(13-16)27-12-10-19(15-27)32-22-9-8-17(14-20(22)25)26-23(29)21-7-2-3-11-28(21)24(30)31/h4-6,8-9,13-14,19,21H,2-3,7,10-12,15H2,1H3,(H,26,29)(H,30,31)/t19-,21+/m0/s1. The zero-order valence-electron chi connectivity index (χ0n) is 18.1. The van der Waals surface area contributed by atoms with Gasteiger partial charge in [-0.3, -0.25) is 9.69 Å². The van der Waals surface area contributed by atoms with Crippen molar-refractivity contribution >= 4 is 35.0 Å². The minimum atomic E-state index is -1.07. The summed E-state index contributed by atoms with van der Waals surface area (Å²) < 4.78 is 6.14. The minimum absolute atomic E-state index is 0.0276. The molecule has 4 rings (SSSR count). The van der Waals surface area contributed by atoms with Crippen LogP contribution in [-0.2, 0) is 4.79 Å². The van der Waals surface area contributed by atoms with Crippen molar-refractivity contribution in [3.05, 3.63) is 53.1 Å². The van der Waals surface area contributed by atoms with E-state index in [0.29, 0.717) is 29.4 Å². The molecule has 7 nitrogen and oxygen atoms in total. The van der Waals surface area contributed by atoms with Gasteiger partial charge in [-0.05, 0) is 62.1 Å². The number of carboxylic acid groups (broad SMARTS) is 1. The molecule has 2 aliphatic heterocycles. The number of anilines is 2. The van der Waals surface area contributed by atoms with Gasteiger partial charge in [-0.15, -0.1) is 0 Å². The monoisotopic (exact) mass is 457 g/mol. The topological polar surface area (TPSA) is 82.1 Å². The normalized spacial score (nSPS) is 20.8. The lowest BCUT2D eigenvalue weighted by Crippen LogP contribution is -2.49. The number of ether oxygens (including phenoxy) is 1. The Kier molecular flexibility index (Phi) is 6.74. The van der Waals surface area contributed by atoms with Crippen molar-refractivity contribution in [2.75, 3.05) is 29.9 Å². The van der Waals surface area contributed by atoms with E-state index < -0.39 is 12.1 Å². The molecule has 8 heteroatoms. The molecule has 2 N–H and O–H groups in total. The van der Waals surface area contributed by atoms with E-state index in [1.54, 1.807) is 18.2 Å². The Balaban J connectivity index is 1.36. The lowest BCUT2D eigenvalue weighted by molar-refractivity contribution is -0.121. The fraction of sp³-hybridized carbons (Fsp3) is 0.417. The van der Waals surface area contributed by atoms with E-state index in [0.717, 1.165) is 32.4 Å². The van der Waals surface area contributed by atoms with Gasteiger partial charge >= 0.3 is 6.09 Å². The van der Waals surface area contributed by atoms with Crippen molar-refractivity contribution in [1.29, 1.82) is 0 Å². The number of amides is 2. The van der Waals surface area contributed by atoms with Gasteiger partial charge in [0.25, 0.3) is 0 Å². The number of hydrogen-bond acceptors (Lipinski definition) is 4. The molecule has 2 heterocycles. The summed E-state index contributed by atoms with van der Waals surface area (Å²) in [7, 11) is 0. The predicted molar refractivity (Wildman–Crippen MR) is 125 cm³/mol. The van der Waals surface area contributed by atoms with E-state index >= 15 is 0 Å². The highest BCUT2D eigenvalue weighted by atomic mass is 35.5. The number of carbonyl (C=O) groups is 2. The highest BCUT2D eigenvalue weighted by Crippen LogP contribution is 2.31. The number of likely N-dealkylation sites (tertiary alicyclic amines) is 1. The SMILES string of the molecule is Cc1cccc(N2CC[C@H](Oc3ccc(NC(=O)[C@H]4CCCCN4C(=O)O)cc3Cl)C2)c1. The summed E-state index contributed by atoms with van der Waals surface area (Å²) in [5.74, 6) is 0.243. The van der Waals surface area contributed by atoms with Crippen LogP contribution >= 0.6 is 11.6 Å². The number of benzene rings is 2. The first-order valence-electron chi connectivity index (χ1n) is 11.0. The van der Waals surface area contributed by atoms with Crippen LogP contribution in [0.5, 0.6) is 5.75 Å². The van der Waals surface area contributed by atoms with Crippen molar-refractivity contribution in [2.45, 2.75) is 44.8 Å². The van der Waals surface area contributed by atoms with Gasteiger partial charge in [-0.1, -0.05) is 23.7 Å². The fourth-order valence-corrected chi connectivity index (χ4v) is 4.62. The summed E-state index contributed by atoms with van der Waals surface area (Å²) >= 11 is 6.44. The number of halogens is 1. The van der Waals surface area contributed by atoms with Gasteiger partial charge in [-0.25, -0.2) is 4.79 Å². The van der Waals surface area contributed by atoms with Gasteiger partial charge in [0.15, 0.2) is 0 Å². The number of rotatable bonds is 5. The Morgan fingerprint density at radius 2 is 1.97 bits per heavy atom. The van der Waals surface area contributed by atoms with Crippen LogP contribution < -0.4 is 15.0 Å². The number of hydrogen-bond donors (Lipinski definition) is 2. The molecule has 0 bridgehead atoms. The largest absolute Gasteiger partial charge is 0.487 e. The highest BCUT2D eigenvalue weighted by Gasteiger charge is 2.32. The average Bonchev–Trinajstić information content (AvgIpc) is 3.24. The van der Waals surface area contributed by atoms with E-state index in [1.165, 1.54) is 16.2 Å². The van der Waals surface area contributed by atoms with Crippen LogP contribution in [0.2, 0.25) is 5.02 Å². The van der Waals surface area contributed by atoms with Gasteiger partial charge in [-0.2, -0.15) is 0 Å². The number of nitrogens with one attached hydrogen (secondary N) is 1. The third kappa shape index (κ3) is 5.10. The molecule has 0 spiro atoms. The highest BCUT2D eigenvalue weighted by molar-refractivity contribution is 6.32. The summed E-state index contributed by atoms with van der Waals surface area (Å²) in [5, 5.41) is 12.6. The second-order valence-electron chi connectivity index (χ2n) is 8.44. The van der Waals surface area contributed by atoms with Crippen LogP contribution in [0.3, 0.4) is 0 Å². The Morgan fingerprint density at radius 1 is 1.12 bits per heavy atom. The van der Waals surface area contributed by atoms with Gasteiger partial charge in [0.2, 0.25) is 5.91 Å². The average molecular weight is 458 g/mol. The molecule has 2 amide bonds. The van der Waals surface area contributed by atoms with E-state index in [2.05, 4.69) is 41.4 Å². The maximum atomic E-state index is 12.7. The molecule has 2 saturated heterocycles. The lowest BCUT2D eigenvalue weighted by atomic mass is 10.0. The summed E-state index contributed by atoms with van der Waals surface area (Å²) in [6, 6.07) is 12.9. The van der Waals surface area contributed by atoms with E-state index in [4.69, 9.17) is 16.3 Å². The molecule has 170 valence electrons. The summed E-state index contributed by atoms with van der Waals surface area (Å²) in [6.45, 7) is 4.16. The van der Waals surface area contributed by atoms with Crippen molar-refractivity contribution in [2.24, 2.45) is 0 Å². The molecule has 2 aromatic rings. The van der Waals surface area contributed by atoms with Crippen LogP contribution in [0.4, 0.5) is 16.2 Å². The minimum Gasteiger partial charge on any atom is -0.487 e. The smallest absolute Gasteiger partial charge is 0.407 e. The van der Waals surface area contributed by atoms with E-state index in [1.807, 2.05) is 0 Å². The molecule has 2 fully saturated rings. The van der Waals surface area contributed by atoms with Crippen molar-refractivity contribution < 1.29 is 19.4 Å². The van der Waals surface area contributed by atoms with Crippen molar-refractivity contribution in [3.63, 3.8) is 0 Å². The van der Waals surface area contributed by atoms with E-state index in [-0.39, 0.29) is 12.0 Å². The molecule has 0 radical (unpaired) electrons. The Hall–Kier alpha value is -2.93. The Morgan fingerprint density at radius 3 is 2.72 bits per heavy atom. The van der Waals surface area contributed by atoms with Crippen LogP contribution in [0.1, 0.15) is 31.2 Å². The number of piperidine rings is 1. The third-order valence-corrected chi connectivity index (χ3v) is 6.35. The number of aryl methyl sites for hydroxylation is 1. The first-order valence-corrected chi connectivity index (χ1v) is 11.4. The molecule has 0 unspecified atom stereocenters. The van der Waals surface area contributed by atoms with Gasteiger partial charge in [0, 0.05) is 30.9 Å². The maximum absolute atomic E-state index is 12.7. The molecular weight excluding hydrogens is 430 g/mol. The maximum Gasteiger partial charge on any atom is 0.407 e. The van der Waals surface area contributed by atoms with E-state index in [9.17, 15) is 14.7 Å². The first kappa shape index (κ1) is 22.3. The van der Waals surface area contributed by atoms with Crippen LogP contribution in [0, 0.1) is 6.92 Å². The predicted octanol–water partition coefficient (Wildman–Crippen LogP) is 4.78. The number of nitrogens with zero attached hydrogens (tertiary/aromatic N) is 2. The summed E-state index contributed by atoms with van der Waals surface area (Å²) in [6.07, 6.45) is 1.98. The Labute approximate surface area is 192 Å². The van der Waals surface area contributed by atoms with Crippen LogP contribution in [0.25, 0.3) is 0 Å². The van der Waals surface area contributed by atoms with Crippen molar-refractivity contribution in [3.8, 4) is 5.75 Å². The fourth-order valence-electron chi connectivity index (χ4n) is 4.40. The number of carbonyl (C=O) groups excluding carboxylic acids is 1. The quantitative estimate of drug-likeness (QED) is 0.675. The van der Waals surface area contributed by atoms with Gasteiger partial charge < -0.3 is 20.1 Å². The van der Waals surface area contributed by atoms with Gasteiger partial charge in [0.05, 0.1) is 11.6 Å². The van der Waals surface area contributed by atoms with Crippen LogP contribution in [0.15, 0.2) is 42.5 Å². The summed E-state index contributed by atoms with van der Waals surface area (Å²) in [5.41, 5.74) is 2.95. The molecule has 0 aliphatic carbocycles. The Bertz CT molecular complexity index is 999. The second-order valence-corrected chi connectivity index (χ2v) is 8.84. The molecule has 32 heavy (non-hydrogen) atoms. The summed E-state index contributed by atoms with van der Waals surface area (Å²) in [4.78, 5) is 27.6. The molecular formula is C24H28ClN3O4. The van der Waals surface area contributed by atoms with Gasteiger partial charge in [0.1, 0.15) is 17.9 Å². The zero-order chi connectivity index (χ0) is 22.7.